The Hall–Kier alpha value is -1.26. The Morgan fingerprint density at radius 2 is 1.68 bits per heavy atom. The van der Waals surface area contributed by atoms with Crippen LogP contribution in [0.2, 0.25) is 0 Å². The molecule has 2 nitrogen and oxygen atoms in total. The average Bonchev–Trinajstić information content (AvgIpc) is 2.47. The lowest BCUT2D eigenvalue weighted by Crippen LogP contribution is -2.14. The second kappa shape index (κ2) is 7.34. The van der Waals surface area contributed by atoms with Gasteiger partial charge in [0.1, 0.15) is 0 Å². The highest BCUT2D eigenvalue weighted by atomic mass is 79.9. The van der Waals surface area contributed by atoms with Crippen LogP contribution in [-0.2, 0) is 4.79 Å². The van der Waals surface area contributed by atoms with Crippen LogP contribution in [0.3, 0.4) is 0 Å². The maximum absolute atomic E-state index is 12.2. The van der Waals surface area contributed by atoms with E-state index >= 15 is 0 Å². The summed E-state index contributed by atoms with van der Waals surface area (Å²) >= 11 is 5.05. The highest BCUT2D eigenvalue weighted by molar-refractivity contribution is 9.10. The van der Waals surface area contributed by atoms with E-state index in [-0.39, 0.29) is 5.91 Å². The van der Waals surface area contributed by atoms with E-state index in [1.54, 1.807) is 11.8 Å². The van der Waals surface area contributed by atoms with E-state index in [1.807, 2.05) is 24.3 Å². The summed E-state index contributed by atoms with van der Waals surface area (Å²) in [6.45, 7) is 8.48. The van der Waals surface area contributed by atoms with Crippen molar-refractivity contribution >= 4 is 39.3 Å². The van der Waals surface area contributed by atoms with Crippen LogP contribution < -0.4 is 5.32 Å². The Balaban J connectivity index is 2.08. The van der Waals surface area contributed by atoms with Gasteiger partial charge in [0.15, 0.2) is 0 Å². The van der Waals surface area contributed by atoms with Gasteiger partial charge in [-0.15, -0.1) is 11.8 Å². The van der Waals surface area contributed by atoms with Crippen molar-refractivity contribution in [1.82, 2.24) is 0 Å². The number of hydrogen-bond acceptors (Lipinski definition) is 2. The first-order valence-corrected chi connectivity index (χ1v) is 8.92. The molecule has 0 radical (unpaired) electrons. The molecule has 0 saturated heterocycles. The number of amides is 1. The van der Waals surface area contributed by atoms with Gasteiger partial charge in [0.2, 0.25) is 5.91 Å². The van der Waals surface area contributed by atoms with Crippen molar-refractivity contribution < 1.29 is 4.79 Å². The quantitative estimate of drug-likeness (QED) is 0.721. The second-order valence-corrected chi connectivity index (χ2v) is 7.25. The van der Waals surface area contributed by atoms with Gasteiger partial charge in [0, 0.05) is 9.37 Å². The third-order valence-electron chi connectivity index (χ3n) is 3.79. The minimum atomic E-state index is 0.00913. The van der Waals surface area contributed by atoms with E-state index in [0.29, 0.717) is 5.75 Å². The van der Waals surface area contributed by atoms with Gasteiger partial charge in [-0.1, -0.05) is 18.2 Å². The normalized spacial score (nSPS) is 10.6. The van der Waals surface area contributed by atoms with Gasteiger partial charge < -0.3 is 5.32 Å². The fraction of sp³-hybridized carbons (Fsp3) is 0.278. The summed E-state index contributed by atoms with van der Waals surface area (Å²) in [6.07, 6.45) is 0. The molecule has 116 valence electrons. The number of benzene rings is 2. The standard InChI is InChI=1S/C18H20BrNOS/c1-11-9-12(2)14(4)18(13(11)3)22-10-17(21)20-16-8-6-5-7-15(16)19/h5-9H,10H2,1-4H3,(H,20,21). The molecule has 0 heterocycles. The lowest BCUT2D eigenvalue weighted by Gasteiger charge is -2.14. The minimum absolute atomic E-state index is 0.00913. The predicted molar refractivity (Wildman–Crippen MR) is 98.9 cm³/mol. The van der Waals surface area contributed by atoms with Crippen LogP contribution >= 0.6 is 27.7 Å². The summed E-state index contributed by atoms with van der Waals surface area (Å²) in [6, 6.07) is 9.85. The first-order valence-electron chi connectivity index (χ1n) is 7.14. The number of halogens is 1. The number of anilines is 1. The largest absolute Gasteiger partial charge is 0.324 e. The molecule has 0 aliphatic heterocycles. The maximum atomic E-state index is 12.2. The SMILES string of the molecule is Cc1cc(C)c(C)c(SCC(=O)Nc2ccccc2Br)c1C. The smallest absolute Gasteiger partial charge is 0.234 e. The zero-order valence-corrected chi connectivity index (χ0v) is 15.7. The van der Waals surface area contributed by atoms with Gasteiger partial charge in [-0.05, 0) is 78.0 Å². The third kappa shape index (κ3) is 3.93. The van der Waals surface area contributed by atoms with Crippen molar-refractivity contribution in [2.75, 3.05) is 11.1 Å². The van der Waals surface area contributed by atoms with Crippen LogP contribution in [0, 0.1) is 27.7 Å². The molecular weight excluding hydrogens is 358 g/mol. The van der Waals surface area contributed by atoms with Gasteiger partial charge in [-0.3, -0.25) is 4.79 Å². The molecule has 0 atom stereocenters. The minimum Gasteiger partial charge on any atom is -0.324 e. The Bertz CT molecular complexity index is 686. The molecule has 2 rings (SSSR count). The first-order chi connectivity index (χ1) is 10.4. The predicted octanol–water partition coefficient (Wildman–Crippen LogP) is 5.41. The molecule has 0 saturated carbocycles. The lowest BCUT2D eigenvalue weighted by molar-refractivity contribution is -0.113. The summed E-state index contributed by atoms with van der Waals surface area (Å²) in [5, 5.41) is 2.94. The summed E-state index contributed by atoms with van der Waals surface area (Å²) in [7, 11) is 0. The van der Waals surface area contributed by atoms with Crippen molar-refractivity contribution in [3.05, 3.63) is 57.1 Å². The summed E-state index contributed by atoms with van der Waals surface area (Å²) < 4.78 is 0.895. The van der Waals surface area contributed by atoms with E-state index in [0.717, 1.165) is 10.2 Å². The zero-order valence-electron chi connectivity index (χ0n) is 13.3. The lowest BCUT2D eigenvalue weighted by atomic mass is 10.0. The number of thioether (sulfide) groups is 1. The third-order valence-corrected chi connectivity index (χ3v) is 5.79. The number of rotatable bonds is 4. The maximum Gasteiger partial charge on any atom is 0.234 e. The Kier molecular flexibility index (Phi) is 5.70. The topological polar surface area (TPSA) is 29.1 Å². The second-order valence-electron chi connectivity index (χ2n) is 5.41. The Morgan fingerprint density at radius 3 is 2.27 bits per heavy atom. The monoisotopic (exact) mass is 377 g/mol. The number of carbonyl (C=O) groups excluding carboxylic acids is 1. The van der Waals surface area contributed by atoms with Gasteiger partial charge in [-0.25, -0.2) is 0 Å². The van der Waals surface area contributed by atoms with Gasteiger partial charge >= 0.3 is 0 Å². The van der Waals surface area contributed by atoms with Gasteiger partial charge in [-0.2, -0.15) is 0 Å². The molecule has 22 heavy (non-hydrogen) atoms. The van der Waals surface area contributed by atoms with Crippen LogP contribution in [0.1, 0.15) is 22.3 Å². The van der Waals surface area contributed by atoms with Crippen molar-refractivity contribution in [2.24, 2.45) is 0 Å². The molecule has 4 heteroatoms. The molecular formula is C18H20BrNOS. The van der Waals surface area contributed by atoms with E-state index in [9.17, 15) is 4.79 Å². The van der Waals surface area contributed by atoms with Crippen molar-refractivity contribution in [3.8, 4) is 0 Å². The van der Waals surface area contributed by atoms with Crippen LogP contribution in [0.4, 0.5) is 5.69 Å². The number of aryl methyl sites for hydroxylation is 2. The molecule has 0 fully saturated rings. The summed E-state index contributed by atoms with van der Waals surface area (Å²) in [5.74, 6) is 0.418. The van der Waals surface area contributed by atoms with Crippen LogP contribution in [0.25, 0.3) is 0 Å². The fourth-order valence-electron chi connectivity index (χ4n) is 2.28. The highest BCUT2D eigenvalue weighted by Gasteiger charge is 2.12. The molecule has 1 N–H and O–H groups in total. The van der Waals surface area contributed by atoms with Crippen LogP contribution in [0.15, 0.2) is 39.7 Å². The van der Waals surface area contributed by atoms with Crippen molar-refractivity contribution in [2.45, 2.75) is 32.6 Å². The zero-order chi connectivity index (χ0) is 16.3. The highest BCUT2D eigenvalue weighted by Crippen LogP contribution is 2.31. The molecule has 2 aromatic rings. The Labute approximate surface area is 144 Å². The summed E-state index contributed by atoms with van der Waals surface area (Å²) in [4.78, 5) is 13.4. The fourth-order valence-corrected chi connectivity index (χ4v) is 3.77. The molecule has 0 aliphatic carbocycles. The molecule has 0 bridgehead atoms. The molecule has 0 aliphatic rings. The van der Waals surface area contributed by atoms with Crippen LogP contribution in [-0.4, -0.2) is 11.7 Å². The van der Waals surface area contributed by atoms with E-state index in [4.69, 9.17) is 0 Å². The van der Waals surface area contributed by atoms with E-state index < -0.39 is 0 Å². The molecule has 0 aromatic heterocycles. The van der Waals surface area contributed by atoms with Crippen molar-refractivity contribution in [1.29, 1.82) is 0 Å². The number of nitrogens with one attached hydrogen (secondary N) is 1. The number of para-hydroxylation sites is 1. The molecule has 2 aromatic carbocycles. The van der Waals surface area contributed by atoms with E-state index in [2.05, 4.69) is 55.0 Å². The van der Waals surface area contributed by atoms with Crippen LogP contribution in [0.5, 0.6) is 0 Å². The van der Waals surface area contributed by atoms with Gasteiger partial charge in [0.05, 0.1) is 11.4 Å². The molecule has 0 spiro atoms. The van der Waals surface area contributed by atoms with Gasteiger partial charge in [0.25, 0.3) is 0 Å². The Morgan fingerprint density at radius 1 is 1.09 bits per heavy atom. The first kappa shape index (κ1) is 17.1. The molecule has 0 unspecified atom stereocenters. The number of carbonyl (C=O) groups is 1. The number of hydrogen-bond donors (Lipinski definition) is 1. The molecule has 1 amide bonds. The van der Waals surface area contributed by atoms with Crippen molar-refractivity contribution in [3.63, 3.8) is 0 Å². The summed E-state index contributed by atoms with van der Waals surface area (Å²) in [5.41, 5.74) is 5.89. The van der Waals surface area contributed by atoms with E-state index in [1.165, 1.54) is 27.1 Å². The average molecular weight is 378 g/mol.